The van der Waals surface area contributed by atoms with E-state index in [1.807, 2.05) is 44.1 Å². The average Bonchev–Trinajstić information content (AvgIpc) is 2.90. The lowest BCUT2D eigenvalue weighted by atomic mass is 9.92. The molecular weight excluding hydrogens is 472 g/mol. The maximum absolute atomic E-state index is 11.3. The fraction of sp³-hybridized carbons (Fsp3) is 0.630. The summed E-state index contributed by atoms with van der Waals surface area (Å²) in [5, 5.41) is 14.8. The molecule has 0 spiro atoms. The maximum atomic E-state index is 11.3. The molecule has 1 aromatic heterocycles. The number of aromatic nitrogens is 2. The van der Waals surface area contributed by atoms with Gasteiger partial charge in [0, 0.05) is 66.0 Å². The minimum atomic E-state index is -0.827. The van der Waals surface area contributed by atoms with Gasteiger partial charge in [0.2, 0.25) is 0 Å². The van der Waals surface area contributed by atoms with Gasteiger partial charge in [-0.3, -0.25) is 4.90 Å². The van der Waals surface area contributed by atoms with Gasteiger partial charge in [-0.25, -0.2) is 9.97 Å². The number of hydrogen-bond donors (Lipinski definition) is 2. The van der Waals surface area contributed by atoms with Crippen molar-refractivity contribution in [2.24, 2.45) is 0 Å². The van der Waals surface area contributed by atoms with E-state index >= 15 is 0 Å². The quantitative estimate of drug-likeness (QED) is 0.436. The van der Waals surface area contributed by atoms with Crippen molar-refractivity contribution in [3.05, 3.63) is 36.2 Å². The van der Waals surface area contributed by atoms with Crippen molar-refractivity contribution in [3.63, 3.8) is 0 Å². The summed E-state index contributed by atoms with van der Waals surface area (Å²) >= 11 is 0. The Morgan fingerprint density at radius 2 is 1.95 bits per heavy atom. The van der Waals surface area contributed by atoms with Crippen LogP contribution in [0.25, 0.3) is 0 Å². The van der Waals surface area contributed by atoms with Crippen LogP contribution in [0.4, 0.5) is 11.6 Å². The molecule has 0 aliphatic carbocycles. The molecule has 2 saturated heterocycles. The second-order valence-electron chi connectivity index (χ2n) is 10.00. The van der Waals surface area contributed by atoms with Crippen molar-refractivity contribution in [1.29, 1.82) is 0 Å². The molecule has 0 radical (unpaired) electrons. The zero-order valence-electron chi connectivity index (χ0n) is 22.5. The zero-order valence-corrected chi connectivity index (χ0v) is 22.5. The molecule has 3 heterocycles. The van der Waals surface area contributed by atoms with E-state index in [1.54, 1.807) is 6.33 Å². The Labute approximate surface area is 220 Å². The van der Waals surface area contributed by atoms with Crippen molar-refractivity contribution in [2.75, 3.05) is 89.6 Å². The fourth-order valence-electron chi connectivity index (χ4n) is 4.81. The highest BCUT2D eigenvalue weighted by atomic mass is 16.5. The number of nitrogens with zero attached hydrogens (tertiary/aromatic N) is 5. The van der Waals surface area contributed by atoms with Crippen molar-refractivity contribution >= 4 is 11.6 Å². The van der Waals surface area contributed by atoms with Gasteiger partial charge in [0.05, 0.1) is 25.4 Å². The number of ether oxygens (including phenoxy) is 3. The number of aliphatic hydroxyl groups is 1. The minimum absolute atomic E-state index is 0.497. The third-order valence-electron chi connectivity index (χ3n) is 6.84. The van der Waals surface area contributed by atoms with Gasteiger partial charge < -0.3 is 34.4 Å². The van der Waals surface area contributed by atoms with Gasteiger partial charge in [-0.1, -0.05) is 6.07 Å². The van der Waals surface area contributed by atoms with Crippen LogP contribution in [-0.4, -0.2) is 105 Å². The lowest BCUT2D eigenvalue weighted by Gasteiger charge is -2.40. The van der Waals surface area contributed by atoms with Gasteiger partial charge in [0.1, 0.15) is 24.6 Å². The lowest BCUT2D eigenvalue weighted by Crippen LogP contribution is -2.53. The molecule has 10 nitrogen and oxygen atoms in total. The Hall–Kier alpha value is -2.66. The first-order valence-electron chi connectivity index (χ1n) is 13.3. The normalized spacial score (nSPS) is 20.6. The molecule has 0 unspecified atom stereocenters. The number of hydrogen-bond acceptors (Lipinski definition) is 10. The SMILES string of the molecule is CCOc1cc(CNC[C@@]2(O)CCCN(c3cc(N(C)C)ncn3)C2)ccc1OCCN1CCOCC1. The number of nitrogens with one attached hydrogen (secondary N) is 1. The molecule has 2 fully saturated rings. The van der Waals surface area contributed by atoms with Crippen molar-refractivity contribution in [2.45, 2.75) is 31.9 Å². The number of anilines is 2. The first-order chi connectivity index (χ1) is 18.0. The highest BCUT2D eigenvalue weighted by Gasteiger charge is 2.33. The van der Waals surface area contributed by atoms with Crippen LogP contribution in [-0.2, 0) is 11.3 Å². The van der Waals surface area contributed by atoms with E-state index < -0.39 is 5.60 Å². The molecule has 37 heavy (non-hydrogen) atoms. The maximum Gasteiger partial charge on any atom is 0.161 e. The average molecular weight is 515 g/mol. The summed E-state index contributed by atoms with van der Waals surface area (Å²) in [5.41, 5.74) is 0.263. The number of benzene rings is 1. The Bertz CT molecular complexity index is 987. The van der Waals surface area contributed by atoms with E-state index in [1.165, 1.54) is 0 Å². The van der Waals surface area contributed by atoms with Gasteiger partial charge in [0.15, 0.2) is 11.5 Å². The highest BCUT2D eigenvalue weighted by Crippen LogP contribution is 2.29. The van der Waals surface area contributed by atoms with Crippen LogP contribution in [0.5, 0.6) is 11.5 Å². The summed E-state index contributed by atoms with van der Waals surface area (Å²) in [6, 6.07) is 8.04. The van der Waals surface area contributed by atoms with E-state index in [4.69, 9.17) is 14.2 Å². The van der Waals surface area contributed by atoms with Crippen LogP contribution in [0.2, 0.25) is 0 Å². The molecular formula is C27H42N6O4. The summed E-state index contributed by atoms with van der Waals surface area (Å²) in [7, 11) is 3.92. The van der Waals surface area contributed by atoms with Gasteiger partial charge >= 0.3 is 0 Å². The van der Waals surface area contributed by atoms with Crippen LogP contribution in [0.3, 0.4) is 0 Å². The Morgan fingerprint density at radius 3 is 2.73 bits per heavy atom. The van der Waals surface area contributed by atoms with E-state index in [2.05, 4.69) is 31.2 Å². The minimum Gasteiger partial charge on any atom is -0.490 e. The topological polar surface area (TPSA) is 95.5 Å². The first kappa shape index (κ1) is 27.4. The number of piperidine rings is 1. The van der Waals surface area contributed by atoms with Crippen LogP contribution < -0.4 is 24.6 Å². The summed E-state index contributed by atoms with van der Waals surface area (Å²) < 4.78 is 17.3. The van der Waals surface area contributed by atoms with Crippen LogP contribution in [0, 0.1) is 0 Å². The fourth-order valence-corrected chi connectivity index (χ4v) is 4.81. The van der Waals surface area contributed by atoms with Crippen molar-refractivity contribution in [3.8, 4) is 11.5 Å². The molecule has 10 heteroatoms. The molecule has 0 bridgehead atoms. The molecule has 2 aliphatic heterocycles. The molecule has 2 aliphatic rings. The lowest BCUT2D eigenvalue weighted by molar-refractivity contribution is 0.0258. The van der Waals surface area contributed by atoms with Crippen LogP contribution in [0.15, 0.2) is 30.6 Å². The number of rotatable bonds is 12. The van der Waals surface area contributed by atoms with Gasteiger partial charge in [-0.05, 0) is 37.5 Å². The van der Waals surface area contributed by atoms with Gasteiger partial charge in [-0.2, -0.15) is 0 Å². The molecule has 0 saturated carbocycles. The van der Waals surface area contributed by atoms with Gasteiger partial charge in [-0.15, -0.1) is 0 Å². The third kappa shape index (κ3) is 7.91. The van der Waals surface area contributed by atoms with Gasteiger partial charge in [0.25, 0.3) is 0 Å². The Balaban J connectivity index is 1.29. The Kier molecular flexibility index (Phi) is 9.79. The zero-order chi connectivity index (χ0) is 26.1. The molecule has 1 atom stereocenters. The molecule has 2 N–H and O–H groups in total. The Morgan fingerprint density at radius 1 is 1.11 bits per heavy atom. The summed E-state index contributed by atoms with van der Waals surface area (Å²) in [6.45, 7) is 10.1. The van der Waals surface area contributed by atoms with Crippen LogP contribution in [0.1, 0.15) is 25.3 Å². The standard InChI is InChI=1S/C27H42N6O4/c1-4-36-24-16-22(6-7-23(24)37-15-12-32-10-13-35-14-11-32)18-28-19-27(34)8-5-9-33(20-27)26-17-25(31(2)3)29-21-30-26/h6-7,16-17,21,28,34H,4-5,8-15,18-20H2,1-3H3/t27-/m0/s1. The van der Waals surface area contributed by atoms with E-state index in [0.717, 1.165) is 80.9 Å². The van der Waals surface area contributed by atoms with E-state index in [-0.39, 0.29) is 0 Å². The molecule has 204 valence electrons. The van der Waals surface area contributed by atoms with Crippen molar-refractivity contribution in [1.82, 2.24) is 20.2 Å². The predicted molar refractivity (Wildman–Crippen MR) is 145 cm³/mol. The molecule has 4 rings (SSSR count). The summed E-state index contributed by atoms with van der Waals surface area (Å²) in [4.78, 5) is 15.2. The van der Waals surface area contributed by atoms with E-state index in [9.17, 15) is 5.11 Å². The second-order valence-corrected chi connectivity index (χ2v) is 10.00. The second kappa shape index (κ2) is 13.2. The van der Waals surface area contributed by atoms with E-state index in [0.29, 0.717) is 32.8 Å². The highest BCUT2D eigenvalue weighted by molar-refractivity contribution is 5.50. The molecule has 2 aromatic rings. The smallest absolute Gasteiger partial charge is 0.161 e. The number of morpholine rings is 1. The monoisotopic (exact) mass is 514 g/mol. The first-order valence-corrected chi connectivity index (χ1v) is 13.3. The van der Waals surface area contributed by atoms with Crippen LogP contribution >= 0.6 is 0 Å². The predicted octanol–water partition coefficient (Wildman–Crippen LogP) is 1.77. The largest absolute Gasteiger partial charge is 0.490 e. The molecule has 0 amide bonds. The summed E-state index contributed by atoms with van der Waals surface area (Å²) in [5.74, 6) is 3.23. The third-order valence-corrected chi connectivity index (χ3v) is 6.84. The molecule has 1 aromatic carbocycles. The number of β-amino-alcohol motifs (C(OH)–C–C–N with tert-alkyl or cyclic N) is 1. The van der Waals surface area contributed by atoms with Crippen molar-refractivity contribution < 1.29 is 19.3 Å². The summed E-state index contributed by atoms with van der Waals surface area (Å²) in [6.07, 6.45) is 3.25.